The van der Waals surface area contributed by atoms with Crippen molar-refractivity contribution in [1.29, 1.82) is 0 Å². The summed E-state index contributed by atoms with van der Waals surface area (Å²) < 4.78 is 4.66. The van der Waals surface area contributed by atoms with Crippen molar-refractivity contribution in [3.05, 3.63) is 54.9 Å². The second-order valence-corrected chi connectivity index (χ2v) is 9.75. The summed E-state index contributed by atoms with van der Waals surface area (Å²) in [6.45, 7) is 18.5. The third-order valence-electron chi connectivity index (χ3n) is 5.93. The maximum Gasteiger partial charge on any atom is 0.287 e. The van der Waals surface area contributed by atoms with Crippen molar-refractivity contribution < 1.29 is 34.4 Å². The largest absolute Gasteiger partial charge is 0.662 e. The van der Waals surface area contributed by atoms with Gasteiger partial charge in [-0.25, -0.2) is 9.13 Å². The molecule has 0 aliphatic carbocycles. The lowest BCUT2D eigenvalue weighted by Crippen LogP contribution is -2.38. The normalized spacial score (nSPS) is 11.8. The van der Waals surface area contributed by atoms with Crippen LogP contribution in [0.4, 0.5) is 11.4 Å². The Morgan fingerprint density at radius 3 is 1.53 bits per heavy atom. The van der Waals surface area contributed by atoms with Gasteiger partial charge in [-0.3, -0.25) is 9.59 Å². The highest BCUT2D eigenvalue weighted by molar-refractivity contribution is 5.76. The van der Waals surface area contributed by atoms with E-state index >= 15 is 0 Å². The molecular formula is C28H41N4O6-. The number of anilines is 2. The number of fused-ring (bicyclic) bond motifs is 2. The maximum absolute atomic E-state index is 8.64. The summed E-state index contributed by atoms with van der Waals surface area (Å²) in [5.74, 6) is 0. The molecule has 38 heavy (non-hydrogen) atoms. The second kappa shape index (κ2) is 16.3. The molecule has 210 valence electrons. The summed E-state index contributed by atoms with van der Waals surface area (Å²) in [5.41, 5.74) is 5.39. The van der Waals surface area contributed by atoms with Crippen molar-refractivity contribution in [2.24, 2.45) is 0 Å². The summed E-state index contributed by atoms with van der Waals surface area (Å²) >= 11 is 0. The average molecular weight is 530 g/mol. The highest BCUT2D eigenvalue weighted by atomic mass is 17.1. The smallest absolute Gasteiger partial charge is 0.287 e. The Balaban J connectivity index is 0.000000298. The summed E-state index contributed by atoms with van der Waals surface area (Å²) in [4.78, 5) is 27.4. The number of imidazole rings is 1. The molecule has 0 atom stereocenters. The van der Waals surface area contributed by atoms with Gasteiger partial charge in [0.25, 0.3) is 12.9 Å². The van der Waals surface area contributed by atoms with E-state index in [9.17, 15) is 0 Å². The van der Waals surface area contributed by atoms with Crippen LogP contribution in [-0.2, 0) is 19.4 Å². The summed E-state index contributed by atoms with van der Waals surface area (Å²) in [6.07, 6.45) is 2.22. The van der Waals surface area contributed by atoms with E-state index in [4.69, 9.17) is 20.1 Å². The van der Waals surface area contributed by atoms with Crippen LogP contribution in [-0.4, -0.2) is 36.3 Å². The van der Waals surface area contributed by atoms with Crippen LogP contribution in [0.5, 0.6) is 0 Å². The quantitative estimate of drug-likeness (QED) is 0.207. The van der Waals surface area contributed by atoms with E-state index in [2.05, 4.69) is 139 Å². The molecule has 0 fully saturated rings. The third-order valence-corrected chi connectivity index (χ3v) is 5.93. The Kier molecular flexibility index (Phi) is 13.9. The van der Waals surface area contributed by atoms with E-state index in [-0.39, 0.29) is 12.9 Å². The Morgan fingerprint density at radius 1 is 0.737 bits per heavy atom. The number of hydrogen-bond acceptors (Lipinski definition) is 8. The molecule has 0 radical (unpaired) electrons. The molecule has 0 amide bonds. The summed E-state index contributed by atoms with van der Waals surface area (Å²) in [7, 11) is 0. The minimum atomic E-state index is -0.181. The second-order valence-electron chi connectivity index (χ2n) is 9.75. The molecule has 0 saturated carbocycles. The van der Waals surface area contributed by atoms with Gasteiger partial charge in [-0.1, -0.05) is 24.3 Å². The van der Waals surface area contributed by atoms with Gasteiger partial charge < -0.3 is 30.1 Å². The fourth-order valence-corrected chi connectivity index (χ4v) is 4.13. The van der Waals surface area contributed by atoms with Gasteiger partial charge in [-0.15, -0.1) is 0 Å². The molecule has 3 aromatic rings. The van der Waals surface area contributed by atoms with Gasteiger partial charge in [-0.05, 0) is 79.7 Å². The molecule has 0 unspecified atom stereocenters. The zero-order valence-corrected chi connectivity index (χ0v) is 23.6. The first-order chi connectivity index (χ1) is 18.0. The monoisotopic (exact) mass is 529 g/mol. The van der Waals surface area contributed by atoms with Gasteiger partial charge >= 0.3 is 0 Å². The van der Waals surface area contributed by atoms with Crippen molar-refractivity contribution in [2.75, 3.05) is 16.5 Å². The number of hydrogen-bond donors (Lipinski definition) is 0. The van der Waals surface area contributed by atoms with Crippen LogP contribution in [0.25, 0.3) is 11.0 Å². The van der Waals surface area contributed by atoms with Gasteiger partial charge in [0.15, 0.2) is 11.0 Å². The maximum atomic E-state index is 8.64. The molecule has 10 heteroatoms. The van der Waals surface area contributed by atoms with Crippen molar-refractivity contribution in [2.45, 2.75) is 79.6 Å². The third kappa shape index (κ3) is 8.74. The molecule has 0 spiro atoms. The molecule has 1 aliphatic heterocycles. The first kappa shape index (κ1) is 32.4. The first-order valence-corrected chi connectivity index (χ1v) is 12.6. The topological polar surface area (TPSA) is 114 Å². The van der Waals surface area contributed by atoms with E-state index in [0.717, 1.165) is 6.67 Å². The Labute approximate surface area is 225 Å². The van der Waals surface area contributed by atoms with Crippen LogP contribution in [0.1, 0.15) is 67.5 Å². The number of para-hydroxylation sites is 4. The highest BCUT2D eigenvalue weighted by Gasteiger charge is 2.28. The van der Waals surface area contributed by atoms with Crippen LogP contribution in [0, 0.1) is 0 Å². The number of nitrogens with zero attached hydrogens (tertiary/aromatic N) is 4. The fraction of sp³-hybridized carbons (Fsp3) is 0.464. The molecule has 0 bridgehead atoms. The van der Waals surface area contributed by atoms with E-state index in [1.54, 1.807) is 0 Å². The lowest BCUT2D eigenvalue weighted by atomic mass is 10.2. The van der Waals surface area contributed by atoms with Gasteiger partial charge in [0, 0.05) is 12.1 Å². The molecule has 2 aromatic carbocycles. The number of carbonyl (C=O) groups excluding carboxylic acids is 2. The first-order valence-electron chi connectivity index (χ1n) is 12.6. The van der Waals surface area contributed by atoms with E-state index in [1.807, 2.05) is 0 Å². The summed E-state index contributed by atoms with van der Waals surface area (Å²) in [6, 6.07) is 19.4. The molecule has 1 aromatic heterocycles. The number of aromatic nitrogens is 2. The summed E-state index contributed by atoms with van der Waals surface area (Å²) in [5, 5.41) is 16.9. The Bertz CT molecular complexity index is 1030. The van der Waals surface area contributed by atoms with Crippen molar-refractivity contribution in [3.8, 4) is 0 Å². The zero-order chi connectivity index (χ0) is 28.8. The molecule has 2 heterocycles. The van der Waals surface area contributed by atoms with Gasteiger partial charge in [-0.2, -0.15) is 0 Å². The van der Waals surface area contributed by atoms with Crippen molar-refractivity contribution >= 4 is 35.4 Å². The molecule has 4 rings (SSSR count). The van der Waals surface area contributed by atoms with Crippen LogP contribution in [0.15, 0.2) is 54.9 Å². The van der Waals surface area contributed by atoms with E-state index in [1.165, 1.54) is 22.4 Å². The molecule has 10 nitrogen and oxygen atoms in total. The minimum Gasteiger partial charge on any atom is -0.662 e. The predicted molar refractivity (Wildman–Crippen MR) is 144 cm³/mol. The van der Waals surface area contributed by atoms with Crippen LogP contribution in [0.2, 0.25) is 0 Å². The number of benzene rings is 2. The average Bonchev–Trinajstić information content (AvgIpc) is 3.49. The predicted octanol–water partition coefficient (Wildman–Crippen LogP) is 3.05. The zero-order valence-electron chi connectivity index (χ0n) is 23.6. The Morgan fingerprint density at radius 2 is 1.16 bits per heavy atom. The number of rotatable bonds is 6. The Hall–Kier alpha value is -3.63. The standard InChI is InChI=1S/C13H20N2.C13H19N2.2CH2O3/c2*1-10(2)14-9-15(11(3)4)13-8-6-5-7-12(13)14;2*2-1-4-3/h5-8,10-11H,9H2,1-4H3;5-11H,1-4H3;2*1,3H/q;+1;;/p-2. The van der Waals surface area contributed by atoms with E-state index < -0.39 is 0 Å². The van der Waals surface area contributed by atoms with Gasteiger partial charge in [0.1, 0.15) is 0 Å². The minimum absolute atomic E-state index is 0.181. The highest BCUT2D eigenvalue weighted by Crippen LogP contribution is 2.37. The van der Waals surface area contributed by atoms with Crippen molar-refractivity contribution in [1.82, 2.24) is 4.57 Å². The van der Waals surface area contributed by atoms with Gasteiger partial charge in [0.05, 0.1) is 30.1 Å². The van der Waals surface area contributed by atoms with Crippen LogP contribution < -0.4 is 24.9 Å². The van der Waals surface area contributed by atoms with Crippen molar-refractivity contribution in [3.63, 3.8) is 0 Å². The molecule has 0 N–H and O–H groups in total. The van der Waals surface area contributed by atoms with Crippen LogP contribution in [0.3, 0.4) is 0 Å². The van der Waals surface area contributed by atoms with E-state index in [0.29, 0.717) is 24.2 Å². The van der Waals surface area contributed by atoms with Crippen LogP contribution >= 0.6 is 0 Å². The SMILES string of the molecule is CC(C)N1CN(C(C)C)c2ccccc21.CC(C)n1c[n+](C(C)C)c2ccccc21.O=CO[O-].O=CO[O-]. The lowest BCUT2D eigenvalue weighted by molar-refractivity contribution is -0.692. The van der Waals surface area contributed by atoms with Gasteiger partial charge in [0.2, 0.25) is 6.33 Å². The lowest BCUT2D eigenvalue weighted by Gasteiger charge is -2.27. The number of carbonyl (C=O) groups is 2. The molecular weight excluding hydrogens is 488 g/mol. The molecule has 1 aliphatic rings. The fourth-order valence-electron chi connectivity index (χ4n) is 4.13. The molecule has 0 saturated heterocycles.